The van der Waals surface area contributed by atoms with Crippen molar-refractivity contribution < 1.29 is 12.8 Å². The van der Waals surface area contributed by atoms with Gasteiger partial charge in [0.2, 0.25) is 9.84 Å². The van der Waals surface area contributed by atoms with Gasteiger partial charge < -0.3 is 5.32 Å². The molecule has 0 heterocycles. The summed E-state index contributed by atoms with van der Waals surface area (Å²) in [7, 11) is -4.09. The zero-order valence-electron chi connectivity index (χ0n) is 15.5. The molecule has 0 saturated carbocycles. The zero-order valence-corrected chi connectivity index (χ0v) is 17.9. The summed E-state index contributed by atoms with van der Waals surface area (Å²) in [5.74, 6) is -0.276. The van der Waals surface area contributed by atoms with Crippen LogP contribution in [0.1, 0.15) is 5.56 Å². The van der Waals surface area contributed by atoms with Crippen LogP contribution >= 0.6 is 23.4 Å². The highest BCUT2D eigenvalue weighted by Gasteiger charge is 2.25. The lowest BCUT2D eigenvalue weighted by Gasteiger charge is -2.14. The third kappa shape index (κ3) is 5.22. The smallest absolute Gasteiger partial charge is 0.219 e. The van der Waals surface area contributed by atoms with Gasteiger partial charge in [-0.1, -0.05) is 54.1 Å². The number of anilines is 1. The number of halogens is 2. The Balaban J connectivity index is 2.06. The Morgan fingerprint density at radius 1 is 1.03 bits per heavy atom. The first-order valence-corrected chi connectivity index (χ1v) is 11.6. The van der Waals surface area contributed by atoms with E-state index in [-0.39, 0.29) is 15.7 Å². The van der Waals surface area contributed by atoms with Gasteiger partial charge in [0, 0.05) is 16.5 Å². The molecule has 1 N–H and O–H groups in total. The van der Waals surface area contributed by atoms with E-state index in [0.717, 1.165) is 11.8 Å². The van der Waals surface area contributed by atoms with Gasteiger partial charge in [-0.25, -0.2) is 12.8 Å². The number of nitrogens with zero attached hydrogens (tertiary/aromatic N) is 1. The molecule has 0 spiro atoms. The molecule has 0 atom stereocenters. The van der Waals surface area contributed by atoms with E-state index in [9.17, 15) is 18.1 Å². The minimum Gasteiger partial charge on any atom is -0.348 e. The number of allylic oxidation sites excluding steroid dienone is 1. The molecule has 0 aromatic heterocycles. The number of hydrogen-bond donors (Lipinski definition) is 1. The van der Waals surface area contributed by atoms with Crippen LogP contribution in [0.4, 0.5) is 10.1 Å². The zero-order chi connectivity index (χ0) is 21.6. The van der Waals surface area contributed by atoms with E-state index in [4.69, 9.17) is 11.6 Å². The lowest BCUT2D eigenvalue weighted by molar-refractivity contribution is 0.603. The van der Waals surface area contributed by atoms with Gasteiger partial charge in [-0.05, 0) is 42.0 Å². The number of sulfone groups is 1. The van der Waals surface area contributed by atoms with Crippen LogP contribution in [0.25, 0.3) is 0 Å². The fourth-order valence-corrected chi connectivity index (χ4v) is 5.33. The SMILES string of the molecule is N#CC(=C(Nc1cccc(Cl)c1)SCc1ccccc1F)S(=O)(=O)c1ccccc1. The quantitative estimate of drug-likeness (QED) is 0.440. The molecule has 0 unspecified atom stereocenters. The van der Waals surface area contributed by atoms with Crippen LogP contribution in [0.2, 0.25) is 5.02 Å². The normalized spacial score (nSPS) is 12.0. The molecule has 4 nitrogen and oxygen atoms in total. The van der Waals surface area contributed by atoms with E-state index in [1.807, 2.05) is 6.07 Å². The van der Waals surface area contributed by atoms with Crippen LogP contribution in [0.3, 0.4) is 0 Å². The summed E-state index contributed by atoms with van der Waals surface area (Å²) >= 11 is 7.05. The summed E-state index contributed by atoms with van der Waals surface area (Å²) in [6.07, 6.45) is 0. The fourth-order valence-electron chi connectivity index (χ4n) is 2.57. The van der Waals surface area contributed by atoms with E-state index in [0.29, 0.717) is 16.3 Å². The van der Waals surface area contributed by atoms with Crippen molar-refractivity contribution in [2.45, 2.75) is 10.6 Å². The highest BCUT2D eigenvalue weighted by atomic mass is 35.5. The second kappa shape index (κ2) is 9.81. The summed E-state index contributed by atoms with van der Waals surface area (Å²) in [5.41, 5.74) is 0.900. The minimum atomic E-state index is -4.09. The molecule has 30 heavy (non-hydrogen) atoms. The Kier molecular flexibility index (Phi) is 7.16. The maximum absolute atomic E-state index is 14.1. The van der Waals surface area contributed by atoms with Crippen LogP contribution in [0.5, 0.6) is 0 Å². The van der Waals surface area contributed by atoms with Gasteiger partial charge in [-0.15, -0.1) is 11.8 Å². The highest BCUT2D eigenvalue weighted by molar-refractivity contribution is 8.04. The summed E-state index contributed by atoms with van der Waals surface area (Å²) in [5, 5.41) is 13.2. The molecule has 0 amide bonds. The van der Waals surface area contributed by atoms with Crippen molar-refractivity contribution in [1.29, 1.82) is 5.26 Å². The summed E-state index contributed by atoms with van der Waals surface area (Å²) < 4.78 is 40.3. The van der Waals surface area contributed by atoms with Crippen molar-refractivity contribution in [1.82, 2.24) is 0 Å². The molecule has 0 aliphatic rings. The predicted molar refractivity (Wildman–Crippen MR) is 119 cm³/mol. The number of hydrogen-bond acceptors (Lipinski definition) is 5. The van der Waals surface area contributed by atoms with E-state index >= 15 is 0 Å². The Morgan fingerprint density at radius 3 is 2.40 bits per heavy atom. The van der Waals surface area contributed by atoms with Gasteiger partial charge in [0.05, 0.1) is 4.90 Å². The van der Waals surface area contributed by atoms with Gasteiger partial charge in [0.15, 0.2) is 4.91 Å². The maximum atomic E-state index is 14.1. The third-order valence-corrected chi connectivity index (χ3v) is 7.18. The Labute approximate surface area is 183 Å². The van der Waals surface area contributed by atoms with Crippen molar-refractivity contribution in [3.05, 3.63) is 105 Å². The molecular formula is C22H16ClFN2O2S2. The van der Waals surface area contributed by atoms with Gasteiger partial charge in [-0.2, -0.15) is 5.26 Å². The first-order chi connectivity index (χ1) is 14.4. The Hall–Kier alpha value is -2.79. The van der Waals surface area contributed by atoms with E-state index in [2.05, 4.69) is 5.32 Å². The van der Waals surface area contributed by atoms with Crippen LogP contribution in [0, 0.1) is 17.1 Å². The molecule has 152 valence electrons. The van der Waals surface area contributed by atoms with Crippen LogP contribution in [-0.2, 0) is 15.6 Å². The first-order valence-electron chi connectivity index (χ1n) is 8.75. The molecular weight excluding hydrogens is 443 g/mol. The van der Waals surface area contributed by atoms with Crippen molar-refractivity contribution in [3.63, 3.8) is 0 Å². The lowest BCUT2D eigenvalue weighted by Crippen LogP contribution is -2.10. The molecule has 3 aromatic rings. The Morgan fingerprint density at radius 2 is 1.73 bits per heavy atom. The number of nitrogens with one attached hydrogen (secondary N) is 1. The first kappa shape index (κ1) is 21.9. The molecule has 0 bridgehead atoms. The lowest BCUT2D eigenvalue weighted by atomic mass is 10.2. The standard InChI is InChI=1S/C22H16ClFN2O2S2/c23-17-8-6-9-18(13-17)26-22(29-15-16-7-4-5-12-20(16)24)21(14-25)30(27,28)19-10-2-1-3-11-19/h1-13,26H,15H2. The van der Waals surface area contributed by atoms with Gasteiger partial charge >= 0.3 is 0 Å². The van der Waals surface area contributed by atoms with Crippen LogP contribution in [0.15, 0.2) is 93.7 Å². The van der Waals surface area contributed by atoms with E-state index in [1.165, 1.54) is 18.2 Å². The van der Waals surface area contributed by atoms with Crippen LogP contribution in [-0.4, -0.2) is 8.42 Å². The highest BCUT2D eigenvalue weighted by Crippen LogP contribution is 2.32. The third-order valence-electron chi connectivity index (χ3n) is 4.04. The largest absolute Gasteiger partial charge is 0.348 e. The minimum absolute atomic E-state index is 0.00145. The van der Waals surface area contributed by atoms with Crippen molar-refractivity contribution in [3.8, 4) is 6.07 Å². The Bertz CT molecular complexity index is 1220. The van der Waals surface area contributed by atoms with Gasteiger partial charge in [0.25, 0.3) is 0 Å². The molecule has 3 aromatic carbocycles. The monoisotopic (exact) mass is 458 g/mol. The summed E-state index contributed by atoms with van der Waals surface area (Å²) in [6.45, 7) is 0. The fraction of sp³-hybridized carbons (Fsp3) is 0.0455. The van der Waals surface area contributed by atoms with E-state index in [1.54, 1.807) is 60.7 Å². The molecule has 8 heteroatoms. The summed E-state index contributed by atoms with van der Waals surface area (Å²) in [6, 6.07) is 22.4. The van der Waals surface area contributed by atoms with Crippen molar-refractivity contribution in [2.75, 3.05) is 5.32 Å². The van der Waals surface area contributed by atoms with Gasteiger partial charge in [-0.3, -0.25) is 0 Å². The second-order valence-electron chi connectivity index (χ2n) is 6.10. The van der Waals surface area contributed by atoms with Crippen LogP contribution < -0.4 is 5.32 Å². The second-order valence-corrected chi connectivity index (χ2v) is 9.41. The molecule has 0 aliphatic heterocycles. The number of benzene rings is 3. The number of nitriles is 1. The predicted octanol–water partition coefficient (Wildman–Crippen LogP) is 5.99. The number of rotatable bonds is 7. The van der Waals surface area contributed by atoms with Gasteiger partial charge in [0.1, 0.15) is 16.9 Å². The average molecular weight is 459 g/mol. The topological polar surface area (TPSA) is 70.0 Å². The molecule has 0 saturated heterocycles. The van der Waals surface area contributed by atoms with E-state index < -0.39 is 20.6 Å². The number of thioether (sulfide) groups is 1. The van der Waals surface area contributed by atoms with Crippen molar-refractivity contribution in [2.24, 2.45) is 0 Å². The average Bonchev–Trinajstić information content (AvgIpc) is 2.74. The van der Waals surface area contributed by atoms with Crippen molar-refractivity contribution >= 4 is 38.9 Å². The molecule has 0 radical (unpaired) electrons. The molecule has 0 aliphatic carbocycles. The molecule has 3 rings (SSSR count). The molecule has 0 fully saturated rings. The maximum Gasteiger partial charge on any atom is 0.219 e. The summed E-state index contributed by atoms with van der Waals surface area (Å²) in [4.78, 5) is -0.451.